The molecule has 0 aliphatic heterocycles. The van der Waals surface area contributed by atoms with E-state index >= 15 is 0 Å². The van der Waals surface area contributed by atoms with Crippen molar-refractivity contribution in [1.82, 2.24) is 0 Å². The van der Waals surface area contributed by atoms with Crippen LogP contribution in [0.5, 0.6) is 5.75 Å². The van der Waals surface area contributed by atoms with Crippen molar-refractivity contribution in [2.75, 3.05) is 11.5 Å². The molecule has 7 heteroatoms. The molecule has 0 aromatic heterocycles. The van der Waals surface area contributed by atoms with Crippen LogP contribution in [0.4, 0.5) is 11.4 Å². The van der Waals surface area contributed by atoms with Crippen LogP contribution in [0.2, 0.25) is 0 Å². The number of fused-ring (bicyclic) bond motifs is 1. The summed E-state index contributed by atoms with van der Waals surface area (Å²) in [6.07, 6.45) is 0. The van der Waals surface area contributed by atoms with Crippen molar-refractivity contribution in [2.45, 2.75) is 23.6 Å². The number of anilines is 2. The van der Waals surface area contributed by atoms with E-state index in [2.05, 4.69) is 0 Å². The zero-order valence-electron chi connectivity index (χ0n) is 10.5. The quantitative estimate of drug-likeness (QED) is 0.325. The van der Waals surface area contributed by atoms with Crippen LogP contribution in [-0.2, 0) is 0 Å². The Morgan fingerprint density at radius 3 is 2.11 bits per heavy atom. The second kappa shape index (κ2) is 6.76. The fourth-order valence-electron chi connectivity index (χ4n) is 1.63. The number of phenols is 1. The van der Waals surface area contributed by atoms with Crippen LogP contribution in [-0.4, -0.2) is 14.2 Å². The molecule has 19 heavy (non-hydrogen) atoms. The van der Waals surface area contributed by atoms with Gasteiger partial charge in [0.15, 0.2) is 0 Å². The minimum Gasteiger partial charge on any atom is -0.505 e. The molecule has 0 unspecified atom stereocenters. The lowest BCUT2D eigenvalue weighted by Crippen LogP contribution is -1.95. The zero-order valence-corrected chi connectivity index (χ0v) is 12.2. The first-order valence-corrected chi connectivity index (χ1v) is 7.11. The molecule has 0 aliphatic rings. The van der Waals surface area contributed by atoms with Gasteiger partial charge in [-0.15, -0.1) is 0 Å². The molecule has 0 amide bonds. The molecule has 0 saturated heterocycles. The fourth-order valence-corrected chi connectivity index (χ4v) is 2.52. The molecule has 104 valence electrons. The molecule has 2 aromatic rings. The number of rotatable bonds is 2. The molecular weight excluding hydrogens is 284 g/mol. The van der Waals surface area contributed by atoms with E-state index in [0.717, 1.165) is 0 Å². The molecule has 5 nitrogen and oxygen atoms in total. The first-order valence-electron chi connectivity index (χ1n) is 5.56. The number of aromatic hydroxyl groups is 1. The Hall–Kier alpha value is -1.28. The molecule has 0 fully saturated rings. The number of nitrogen functional groups attached to an aromatic ring is 2. The van der Waals surface area contributed by atoms with E-state index in [-0.39, 0.29) is 17.1 Å². The predicted octanol–water partition coefficient (Wildman–Crippen LogP) is 3.87. The Morgan fingerprint density at radius 2 is 1.58 bits per heavy atom. The number of nitrogens with two attached hydrogens (primary N) is 2. The van der Waals surface area contributed by atoms with Gasteiger partial charge in [-0.2, -0.15) is 0 Å². The highest BCUT2D eigenvalue weighted by atomic mass is 32.2. The van der Waals surface area contributed by atoms with Gasteiger partial charge in [-0.05, 0) is 12.1 Å². The lowest BCUT2D eigenvalue weighted by molar-refractivity contribution is 0.484. The summed E-state index contributed by atoms with van der Waals surface area (Å²) in [5.74, 6) is -0.147. The highest BCUT2D eigenvalue weighted by molar-refractivity contribution is 7.94. The zero-order chi connectivity index (χ0) is 14.6. The average molecular weight is 300 g/mol. The van der Waals surface area contributed by atoms with Crippen molar-refractivity contribution >= 4 is 46.2 Å². The van der Waals surface area contributed by atoms with Crippen molar-refractivity contribution in [3.63, 3.8) is 0 Å². The van der Waals surface area contributed by atoms with Crippen molar-refractivity contribution in [2.24, 2.45) is 0 Å². The van der Waals surface area contributed by atoms with Gasteiger partial charge in [0.1, 0.15) is 5.75 Å². The molecule has 2 rings (SSSR count). The fraction of sp³-hybridized carbons (Fsp3) is 0.167. The SMILES string of the molecule is CC.Nc1ccc2c(SO)cc(SO)c(N)c2c1O. The first-order chi connectivity index (χ1) is 9.10. The average Bonchev–Trinajstić information content (AvgIpc) is 2.45. The molecule has 0 bridgehead atoms. The summed E-state index contributed by atoms with van der Waals surface area (Å²) in [4.78, 5) is 0.844. The maximum absolute atomic E-state index is 9.89. The third kappa shape index (κ3) is 2.84. The second-order valence-corrected chi connectivity index (χ2v) is 4.64. The Kier molecular flexibility index (Phi) is 5.61. The van der Waals surface area contributed by atoms with Gasteiger partial charge < -0.3 is 25.7 Å². The van der Waals surface area contributed by atoms with Crippen LogP contribution < -0.4 is 11.5 Å². The smallest absolute Gasteiger partial charge is 0.148 e. The van der Waals surface area contributed by atoms with Crippen molar-refractivity contribution in [1.29, 1.82) is 0 Å². The van der Waals surface area contributed by atoms with Crippen LogP contribution in [0.15, 0.2) is 28.0 Å². The van der Waals surface area contributed by atoms with Gasteiger partial charge in [-0.1, -0.05) is 19.9 Å². The standard InChI is InChI=1S/C10H10N2O3S2.C2H6/c11-5-2-1-4-6(16-14)3-7(17-15)9(12)8(4)10(5)13;1-2/h1-3,13-15H,11-12H2;1-2H3. The minimum absolute atomic E-state index is 0.147. The van der Waals surface area contributed by atoms with Crippen LogP contribution in [0.1, 0.15) is 13.8 Å². The second-order valence-electron chi connectivity index (χ2n) is 3.40. The van der Waals surface area contributed by atoms with Gasteiger partial charge in [0.05, 0.1) is 21.7 Å². The molecule has 0 saturated carbocycles. The molecule has 0 heterocycles. The van der Waals surface area contributed by atoms with Gasteiger partial charge in [0.2, 0.25) is 0 Å². The Morgan fingerprint density at radius 1 is 1.00 bits per heavy atom. The maximum Gasteiger partial charge on any atom is 0.148 e. The van der Waals surface area contributed by atoms with E-state index in [1.807, 2.05) is 13.8 Å². The first kappa shape index (κ1) is 15.8. The van der Waals surface area contributed by atoms with Crippen molar-refractivity contribution in [3.05, 3.63) is 18.2 Å². The third-order valence-corrected chi connectivity index (χ3v) is 3.54. The van der Waals surface area contributed by atoms with E-state index in [0.29, 0.717) is 44.6 Å². The number of benzene rings is 2. The number of hydrogen-bond acceptors (Lipinski definition) is 7. The summed E-state index contributed by atoms with van der Waals surface area (Å²) in [6.45, 7) is 4.00. The molecule has 0 atom stereocenters. The van der Waals surface area contributed by atoms with Crippen LogP contribution in [0, 0.1) is 0 Å². The van der Waals surface area contributed by atoms with Crippen LogP contribution in [0.3, 0.4) is 0 Å². The minimum atomic E-state index is -0.147. The maximum atomic E-state index is 9.89. The summed E-state index contributed by atoms with van der Waals surface area (Å²) >= 11 is 0.972. The largest absolute Gasteiger partial charge is 0.505 e. The Bertz CT molecular complexity index is 591. The van der Waals surface area contributed by atoms with E-state index in [1.54, 1.807) is 12.1 Å². The topological polar surface area (TPSA) is 113 Å². The van der Waals surface area contributed by atoms with Crippen LogP contribution in [0.25, 0.3) is 10.8 Å². The highest BCUT2D eigenvalue weighted by Crippen LogP contribution is 2.43. The lowest BCUT2D eigenvalue weighted by atomic mass is 10.1. The normalized spacial score (nSPS) is 10.1. The Labute approximate surface area is 120 Å². The molecular formula is C12H16N2O3S2. The summed E-state index contributed by atoms with van der Waals surface area (Å²) in [6, 6.07) is 4.73. The lowest BCUT2D eigenvalue weighted by Gasteiger charge is -2.12. The molecule has 7 N–H and O–H groups in total. The summed E-state index contributed by atoms with van der Waals surface area (Å²) in [5.41, 5.74) is 11.9. The van der Waals surface area contributed by atoms with Crippen molar-refractivity contribution < 1.29 is 14.2 Å². The Balaban J connectivity index is 0.000000861. The summed E-state index contributed by atoms with van der Waals surface area (Å²) < 4.78 is 18.3. The monoisotopic (exact) mass is 300 g/mol. The molecule has 0 aliphatic carbocycles. The van der Waals surface area contributed by atoms with Gasteiger partial charge in [0, 0.05) is 34.4 Å². The van der Waals surface area contributed by atoms with Gasteiger partial charge in [-0.25, -0.2) is 0 Å². The number of hydrogen-bond donors (Lipinski definition) is 5. The van der Waals surface area contributed by atoms with Crippen molar-refractivity contribution in [3.8, 4) is 5.75 Å². The molecule has 2 aromatic carbocycles. The third-order valence-electron chi connectivity index (χ3n) is 2.47. The van der Waals surface area contributed by atoms with E-state index in [9.17, 15) is 9.66 Å². The molecule has 0 radical (unpaired) electrons. The predicted molar refractivity (Wildman–Crippen MR) is 82.8 cm³/mol. The summed E-state index contributed by atoms with van der Waals surface area (Å²) in [7, 11) is 0. The summed E-state index contributed by atoms with van der Waals surface area (Å²) in [5, 5.41) is 10.8. The van der Waals surface area contributed by atoms with E-state index in [4.69, 9.17) is 16.0 Å². The van der Waals surface area contributed by atoms with Crippen LogP contribution >= 0.6 is 24.1 Å². The van der Waals surface area contributed by atoms with E-state index in [1.165, 1.54) is 6.07 Å². The van der Waals surface area contributed by atoms with E-state index < -0.39 is 0 Å². The molecule has 0 spiro atoms. The highest BCUT2D eigenvalue weighted by Gasteiger charge is 2.15. The van der Waals surface area contributed by atoms with Gasteiger partial charge in [0.25, 0.3) is 0 Å². The number of phenolic OH excluding ortho intramolecular Hbond substituents is 1. The van der Waals surface area contributed by atoms with Gasteiger partial charge >= 0.3 is 0 Å². The van der Waals surface area contributed by atoms with Gasteiger partial charge in [-0.3, -0.25) is 0 Å².